The lowest BCUT2D eigenvalue weighted by atomic mass is 10.1. The first-order chi connectivity index (χ1) is 11.9. The van der Waals surface area contributed by atoms with Gasteiger partial charge in [0.25, 0.3) is 21.8 Å². The second kappa shape index (κ2) is 8.34. The van der Waals surface area contributed by atoms with Gasteiger partial charge in [-0.05, 0) is 37.6 Å². The lowest BCUT2D eigenvalue weighted by Crippen LogP contribution is -2.37. The molecule has 1 aromatic carbocycles. The molecule has 0 spiro atoms. The minimum atomic E-state index is -3.94. The summed E-state index contributed by atoms with van der Waals surface area (Å²) >= 11 is 0. The van der Waals surface area contributed by atoms with Crippen LogP contribution in [0.25, 0.3) is 0 Å². The van der Waals surface area contributed by atoms with Crippen LogP contribution in [-0.2, 0) is 14.8 Å². The van der Waals surface area contributed by atoms with E-state index in [1.165, 1.54) is 25.3 Å². The third-order valence-electron chi connectivity index (χ3n) is 4.44. The van der Waals surface area contributed by atoms with Crippen molar-refractivity contribution in [1.82, 2.24) is 14.9 Å². The quantitative estimate of drug-likeness (QED) is 0.711. The van der Waals surface area contributed by atoms with Crippen LogP contribution in [0.15, 0.2) is 23.1 Å². The maximum atomic E-state index is 12.6. The number of amides is 2. The molecule has 2 aliphatic heterocycles. The number of hydrogen-bond donors (Lipinski definition) is 2. The average Bonchev–Trinajstić information content (AvgIpc) is 3.18. The number of carbonyl (C=O) groups is 2. The molecule has 0 radical (unpaired) electrons. The zero-order chi connectivity index (χ0) is 18.0. The van der Waals surface area contributed by atoms with E-state index in [9.17, 15) is 18.0 Å². The summed E-state index contributed by atoms with van der Waals surface area (Å²) in [5, 5.41) is 6.08. The summed E-state index contributed by atoms with van der Waals surface area (Å²) in [4.78, 5) is 24.5. The monoisotopic (exact) mass is 403 g/mol. The molecule has 0 aromatic heterocycles. The van der Waals surface area contributed by atoms with Gasteiger partial charge in [0, 0.05) is 25.3 Å². The Bertz CT molecular complexity index is 793. The van der Waals surface area contributed by atoms with E-state index in [4.69, 9.17) is 4.74 Å². The van der Waals surface area contributed by atoms with Crippen molar-refractivity contribution in [2.75, 3.05) is 33.4 Å². The van der Waals surface area contributed by atoms with Gasteiger partial charge in [0.15, 0.2) is 0 Å². The Hall–Kier alpha value is -1.68. The first-order valence-electron chi connectivity index (χ1n) is 8.17. The lowest BCUT2D eigenvalue weighted by molar-refractivity contribution is 0.0835. The third kappa shape index (κ3) is 3.85. The fraction of sp³-hybridized carbons (Fsp3) is 0.500. The summed E-state index contributed by atoms with van der Waals surface area (Å²) < 4.78 is 30.7. The number of nitrogens with one attached hydrogen (secondary N) is 2. The van der Waals surface area contributed by atoms with E-state index in [1.807, 2.05) is 0 Å². The van der Waals surface area contributed by atoms with Crippen molar-refractivity contribution in [2.24, 2.45) is 0 Å². The Morgan fingerprint density at radius 2 is 2.19 bits per heavy atom. The minimum Gasteiger partial charge on any atom is -0.383 e. The molecule has 2 heterocycles. The Morgan fingerprint density at radius 3 is 2.85 bits per heavy atom. The number of methoxy groups -OCH3 is 1. The summed E-state index contributed by atoms with van der Waals surface area (Å²) in [5.41, 5.74) is 0.312. The van der Waals surface area contributed by atoms with E-state index >= 15 is 0 Å². The molecule has 1 saturated heterocycles. The molecule has 2 N–H and O–H groups in total. The topological polar surface area (TPSA) is 105 Å². The van der Waals surface area contributed by atoms with Gasteiger partial charge in [-0.2, -0.15) is 0 Å². The van der Waals surface area contributed by atoms with Crippen molar-refractivity contribution in [1.29, 1.82) is 0 Å². The van der Waals surface area contributed by atoms with Gasteiger partial charge < -0.3 is 15.4 Å². The van der Waals surface area contributed by atoms with Crippen molar-refractivity contribution in [3.63, 3.8) is 0 Å². The third-order valence-corrected chi connectivity index (χ3v) is 6.26. The number of benzene rings is 1. The Labute approximate surface area is 158 Å². The molecule has 1 aromatic rings. The van der Waals surface area contributed by atoms with Gasteiger partial charge in [-0.1, -0.05) is 0 Å². The molecular weight excluding hydrogens is 382 g/mol. The molecule has 26 heavy (non-hydrogen) atoms. The van der Waals surface area contributed by atoms with Gasteiger partial charge in [-0.25, -0.2) is 12.7 Å². The highest BCUT2D eigenvalue weighted by atomic mass is 35.5. The average molecular weight is 404 g/mol. The molecule has 1 unspecified atom stereocenters. The predicted molar refractivity (Wildman–Crippen MR) is 97.1 cm³/mol. The SMILES string of the molecule is COCCN1C(=O)c2ccc(C(=O)NCC3CCCN3)cc2S1(=O)=O.Cl. The van der Waals surface area contributed by atoms with Crippen LogP contribution in [0.5, 0.6) is 0 Å². The number of sulfonamides is 1. The molecule has 8 nitrogen and oxygen atoms in total. The standard InChI is InChI=1S/C16H21N3O5S.ClH/c1-24-8-7-19-16(21)13-5-4-11(9-14(13)25(19,22)23)15(20)18-10-12-3-2-6-17-12;/h4-5,9,12,17H,2-3,6-8,10H2,1H3,(H,18,20);1H. The van der Waals surface area contributed by atoms with Gasteiger partial charge >= 0.3 is 0 Å². The van der Waals surface area contributed by atoms with Crippen molar-refractivity contribution < 1.29 is 22.7 Å². The highest BCUT2D eigenvalue weighted by molar-refractivity contribution is 7.90. The Morgan fingerprint density at radius 1 is 1.42 bits per heavy atom. The van der Waals surface area contributed by atoms with Crippen LogP contribution in [-0.4, -0.2) is 63.9 Å². The number of fused-ring (bicyclic) bond motifs is 1. The van der Waals surface area contributed by atoms with Crippen molar-refractivity contribution >= 4 is 34.2 Å². The number of halogens is 1. The predicted octanol–water partition coefficient (Wildman–Crippen LogP) is 0.381. The summed E-state index contributed by atoms with van der Waals surface area (Å²) in [6, 6.07) is 4.38. The highest BCUT2D eigenvalue weighted by Gasteiger charge is 2.41. The second-order valence-electron chi connectivity index (χ2n) is 6.09. The van der Waals surface area contributed by atoms with Crippen molar-refractivity contribution in [3.05, 3.63) is 29.3 Å². The maximum absolute atomic E-state index is 12.6. The van der Waals surface area contributed by atoms with Crippen molar-refractivity contribution in [2.45, 2.75) is 23.8 Å². The largest absolute Gasteiger partial charge is 0.383 e. The van der Waals surface area contributed by atoms with Crippen LogP contribution in [0.3, 0.4) is 0 Å². The van der Waals surface area contributed by atoms with Crippen LogP contribution in [0.1, 0.15) is 33.6 Å². The summed E-state index contributed by atoms with van der Waals surface area (Å²) in [5.74, 6) is -0.941. The number of nitrogens with zero attached hydrogens (tertiary/aromatic N) is 1. The highest BCUT2D eigenvalue weighted by Crippen LogP contribution is 2.30. The maximum Gasteiger partial charge on any atom is 0.269 e. The number of carbonyl (C=O) groups excluding carboxylic acids is 2. The zero-order valence-electron chi connectivity index (χ0n) is 14.4. The second-order valence-corrected chi connectivity index (χ2v) is 7.92. The zero-order valence-corrected chi connectivity index (χ0v) is 16.0. The van der Waals surface area contributed by atoms with E-state index < -0.39 is 15.9 Å². The van der Waals surface area contributed by atoms with Crippen LogP contribution in [0, 0.1) is 0 Å². The van der Waals surface area contributed by atoms with Gasteiger partial charge in [-0.3, -0.25) is 9.59 Å². The van der Waals surface area contributed by atoms with E-state index in [2.05, 4.69) is 10.6 Å². The molecule has 0 aliphatic carbocycles. The van der Waals surface area contributed by atoms with E-state index in [-0.39, 0.29) is 53.5 Å². The lowest BCUT2D eigenvalue weighted by Gasteiger charge is -2.14. The van der Waals surface area contributed by atoms with Crippen LogP contribution >= 0.6 is 12.4 Å². The van der Waals surface area contributed by atoms with E-state index in [0.29, 0.717) is 6.54 Å². The molecule has 0 bridgehead atoms. The number of hydrogen-bond acceptors (Lipinski definition) is 6. The molecule has 1 fully saturated rings. The number of ether oxygens (including phenoxy) is 1. The summed E-state index contributed by atoms with van der Waals surface area (Å²) in [7, 11) is -2.51. The van der Waals surface area contributed by atoms with Gasteiger partial charge in [0.1, 0.15) is 4.90 Å². The first kappa shape index (κ1) is 20.6. The van der Waals surface area contributed by atoms with Crippen molar-refractivity contribution in [3.8, 4) is 0 Å². The smallest absolute Gasteiger partial charge is 0.269 e. The minimum absolute atomic E-state index is 0. The van der Waals surface area contributed by atoms with Gasteiger partial charge in [0.05, 0.1) is 18.7 Å². The van der Waals surface area contributed by atoms with Crippen LogP contribution in [0.4, 0.5) is 0 Å². The fourth-order valence-corrected chi connectivity index (χ4v) is 4.64. The summed E-state index contributed by atoms with van der Waals surface area (Å²) in [6.45, 7) is 1.49. The fourth-order valence-electron chi connectivity index (χ4n) is 3.06. The molecular formula is C16H22ClN3O5S. The molecule has 2 amide bonds. The number of rotatable bonds is 6. The molecule has 144 valence electrons. The van der Waals surface area contributed by atoms with Gasteiger partial charge in [-0.15, -0.1) is 12.4 Å². The van der Waals surface area contributed by atoms with E-state index in [0.717, 1.165) is 23.7 Å². The van der Waals surface area contributed by atoms with E-state index in [1.54, 1.807) is 0 Å². The Balaban J connectivity index is 0.00000243. The summed E-state index contributed by atoms with van der Waals surface area (Å²) in [6.07, 6.45) is 2.08. The van der Waals surface area contributed by atoms with Crippen LogP contribution in [0.2, 0.25) is 0 Å². The normalized spacial score (nSPS) is 20.6. The van der Waals surface area contributed by atoms with Crippen LogP contribution < -0.4 is 10.6 Å². The molecule has 3 rings (SSSR count). The first-order valence-corrected chi connectivity index (χ1v) is 9.61. The van der Waals surface area contributed by atoms with Gasteiger partial charge in [0.2, 0.25) is 0 Å². The molecule has 1 atom stereocenters. The molecule has 2 aliphatic rings. The Kier molecular flexibility index (Phi) is 6.62. The molecule has 0 saturated carbocycles. The molecule has 10 heteroatoms.